The first-order valence-electron chi connectivity index (χ1n) is 4.95. The van der Waals surface area contributed by atoms with Crippen LogP contribution in [-0.4, -0.2) is 26.9 Å². The first-order chi connectivity index (χ1) is 7.31. The van der Waals surface area contributed by atoms with E-state index in [9.17, 15) is 0 Å². The maximum atomic E-state index is 5.41. The van der Waals surface area contributed by atoms with Gasteiger partial charge in [0.1, 0.15) is 12.4 Å². The van der Waals surface area contributed by atoms with Crippen LogP contribution >= 0.6 is 0 Å². The molecule has 15 heavy (non-hydrogen) atoms. The molecule has 1 aromatic rings. The summed E-state index contributed by atoms with van der Waals surface area (Å²) in [5, 5.41) is 0. The van der Waals surface area contributed by atoms with Crippen LogP contribution in [0.25, 0.3) is 0 Å². The van der Waals surface area contributed by atoms with Gasteiger partial charge in [0.15, 0.2) is 11.5 Å². The third kappa shape index (κ3) is 3.32. The number of benzene rings is 1. The summed E-state index contributed by atoms with van der Waals surface area (Å²) in [6, 6.07) is 5.45. The van der Waals surface area contributed by atoms with Gasteiger partial charge in [-0.3, -0.25) is 0 Å². The fourth-order valence-electron chi connectivity index (χ4n) is 1.19. The molecule has 0 unspecified atom stereocenters. The van der Waals surface area contributed by atoms with Gasteiger partial charge in [0.2, 0.25) is 0 Å². The van der Waals surface area contributed by atoms with Crippen LogP contribution in [0.2, 0.25) is 0 Å². The zero-order valence-electron chi connectivity index (χ0n) is 9.16. The highest BCUT2D eigenvalue weighted by atomic mass is 16.5. The molecule has 0 fully saturated rings. The van der Waals surface area contributed by atoms with Crippen molar-refractivity contribution in [2.45, 2.75) is 6.92 Å². The highest BCUT2D eigenvalue weighted by molar-refractivity contribution is 5.45. The SMILES string of the molecule is CCOc1cc(OCCN)ccc1OC. The molecule has 0 aliphatic carbocycles. The molecule has 2 N–H and O–H groups in total. The number of hydrogen-bond acceptors (Lipinski definition) is 4. The molecular formula is C11H17NO3. The van der Waals surface area contributed by atoms with Crippen molar-refractivity contribution in [3.63, 3.8) is 0 Å². The second-order valence-corrected chi connectivity index (χ2v) is 2.88. The largest absolute Gasteiger partial charge is 0.493 e. The van der Waals surface area contributed by atoms with Crippen LogP contribution in [0.5, 0.6) is 17.2 Å². The van der Waals surface area contributed by atoms with Crippen LogP contribution in [0.3, 0.4) is 0 Å². The summed E-state index contributed by atoms with van der Waals surface area (Å²) in [6.45, 7) is 3.51. The number of rotatable bonds is 6. The second-order valence-electron chi connectivity index (χ2n) is 2.88. The molecule has 1 aromatic carbocycles. The molecule has 0 aliphatic heterocycles. The van der Waals surface area contributed by atoms with Gasteiger partial charge in [-0.15, -0.1) is 0 Å². The summed E-state index contributed by atoms with van der Waals surface area (Å²) in [6.07, 6.45) is 0. The minimum atomic E-state index is 0.496. The molecule has 0 atom stereocenters. The quantitative estimate of drug-likeness (QED) is 0.773. The average molecular weight is 211 g/mol. The Morgan fingerprint density at radius 3 is 2.60 bits per heavy atom. The molecule has 4 nitrogen and oxygen atoms in total. The van der Waals surface area contributed by atoms with Crippen LogP contribution in [0.15, 0.2) is 18.2 Å². The summed E-state index contributed by atoms with van der Waals surface area (Å²) in [5.41, 5.74) is 5.35. The summed E-state index contributed by atoms with van der Waals surface area (Å²) < 4.78 is 15.9. The van der Waals surface area contributed by atoms with Crippen LogP contribution in [0, 0.1) is 0 Å². The lowest BCUT2D eigenvalue weighted by Gasteiger charge is -2.11. The monoisotopic (exact) mass is 211 g/mol. The number of methoxy groups -OCH3 is 1. The van der Waals surface area contributed by atoms with Crippen LogP contribution in [0.1, 0.15) is 6.92 Å². The van der Waals surface area contributed by atoms with E-state index in [2.05, 4.69) is 0 Å². The van der Waals surface area contributed by atoms with Gasteiger partial charge in [0, 0.05) is 12.6 Å². The molecule has 84 valence electrons. The standard InChI is InChI=1S/C11H17NO3/c1-3-14-11-8-9(15-7-6-12)4-5-10(11)13-2/h4-5,8H,3,6-7,12H2,1-2H3. The fraction of sp³-hybridized carbons (Fsp3) is 0.455. The molecule has 0 saturated heterocycles. The summed E-state index contributed by atoms with van der Waals surface area (Å²) in [4.78, 5) is 0. The van der Waals surface area contributed by atoms with Crippen molar-refractivity contribution in [3.8, 4) is 17.2 Å². The van der Waals surface area contributed by atoms with Gasteiger partial charge in [0.25, 0.3) is 0 Å². The van der Waals surface area contributed by atoms with E-state index in [0.29, 0.717) is 31.3 Å². The van der Waals surface area contributed by atoms with E-state index < -0.39 is 0 Å². The summed E-state index contributed by atoms with van der Waals surface area (Å²) in [5.74, 6) is 2.14. The summed E-state index contributed by atoms with van der Waals surface area (Å²) >= 11 is 0. The maximum absolute atomic E-state index is 5.41. The van der Waals surface area contributed by atoms with Crippen molar-refractivity contribution in [3.05, 3.63) is 18.2 Å². The van der Waals surface area contributed by atoms with Gasteiger partial charge in [-0.25, -0.2) is 0 Å². The van der Waals surface area contributed by atoms with E-state index in [4.69, 9.17) is 19.9 Å². The van der Waals surface area contributed by atoms with Crippen molar-refractivity contribution < 1.29 is 14.2 Å². The number of nitrogens with two attached hydrogens (primary N) is 1. The minimum absolute atomic E-state index is 0.496. The van der Waals surface area contributed by atoms with Crippen molar-refractivity contribution in [1.29, 1.82) is 0 Å². The zero-order chi connectivity index (χ0) is 11.1. The van der Waals surface area contributed by atoms with E-state index in [1.54, 1.807) is 13.2 Å². The predicted octanol–water partition coefficient (Wildman–Crippen LogP) is 1.43. The van der Waals surface area contributed by atoms with E-state index in [1.165, 1.54) is 0 Å². The molecular weight excluding hydrogens is 194 g/mol. The molecule has 1 rings (SSSR count). The van der Waals surface area contributed by atoms with E-state index in [0.717, 1.165) is 5.75 Å². The normalized spacial score (nSPS) is 9.80. The first-order valence-corrected chi connectivity index (χ1v) is 4.95. The van der Waals surface area contributed by atoms with E-state index in [-0.39, 0.29) is 0 Å². The lowest BCUT2D eigenvalue weighted by atomic mass is 10.3. The van der Waals surface area contributed by atoms with Gasteiger partial charge >= 0.3 is 0 Å². The van der Waals surface area contributed by atoms with Gasteiger partial charge < -0.3 is 19.9 Å². The molecule has 0 spiro atoms. The highest BCUT2D eigenvalue weighted by Crippen LogP contribution is 2.31. The Morgan fingerprint density at radius 2 is 2.00 bits per heavy atom. The lowest BCUT2D eigenvalue weighted by Crippen LogP contribution is -2.10. The highest BCUT2D eigenvalue weighted by Gasteiger charge is 2.05. The van der Waals surface area contributed by atoms with Crippen LogP contribution < -0.4 is 19.9 Å². The number of hydrogen-bond donors (Lipinski definition) is 1. The Morgan fingerprint density at radius 1 is 1.20 bits per heavy atom. The molecule has 0 aliphatic rings. The Bertz CT molecular complexity index is 302. The fourth-order valence-corrected chi connectivity index (χ4v) is 1.19. The van der Waals surface area contributed by atoms with Gasteiger partial charge in [-0.05, 0) is 19.1 Å². The van der Waals surface area contributed by atoms with Crippen LogP contribution in [-0.2, 0) is 0 Å². The third-order valence-electron chi connectivity index (χ3n) is 1.82. The Hall–Kier alpha value is -1.42. The lowest BCUT2D eigenvalue weighted by molar-refractivity contribution is 0.299. The maximum Gasteiger partial charge on any atom is 0.164 e. The van der Waals surface area contributed by atoms with Crippen molar-refractivity contribution in [2.24, 2.45) is 5.73 Å². The van der Waals surface area contributed by atoms with E-state index >= 15 is 0 Å². The summed E-state index contributed by atoms with van der Waals surface area (Å²) in [7, 11) is 1.61. The van der Waals surface area contributed by atoms with Crippen molar-refractivity contribution in [2.75, 3.05) is 26.9 Å². The molecule has 0 aromatic heterocycles. The molecule has 0 saturated carbocycles. The second kappa shape index (κ2) is 6.14. The Balaban J connectivity index is 2.79. The third-order valence-corrected chi connectivity index (χ3v) is 1.82. The van der Waals surface area contributed by atoms with Gasteiger partial charge in [0.05, 0.1) is 13.7 Å². The zero-order valence-corrected chi connectivity index (χ0v) is 9.16. The molecule has 0 radical (unpaired) electrons. The topological polar surface area (TPSA) is 53.7 Å². The Labute approximate surface area is 89.9 Å². The minimum Gasteiger partial charge on any atom is -0.493 e. The van der Waals surface area contributed by atoms with E-state index in [1.807, 2.05) is 19.1 Å². The predicted molar refractivity (Wildman–Crippen MR) is 58.7 cm³/mol. The molecule has 4 heteroatoms. The van der Waals surface area contributed by atoms with Crippen molar-refractivity contribution >= 4 is 0 Å². The average Bonchev–Trinajstić information content (AvgIpc) is 2.27. The first kappa shape index (κ1) is 11.7. The Kier molecular flexibility index (Phi) is 4.77. The van der Waals surface area contributed by atoms with Crippen molar-refractivity contribution in [1.82, 2.24) is 0 Å². The molecule has 0 heterocycles. The molecule has 0 amide bonds. The smallest absolute Gasteiger partial charge is 0.164 e. The molecule has 0 bridgehead atoms. The van der Waals surface area contributed by atoms with Gasteiger partial charge in [-0.2, -0.15) is 0 Å². The number of ether oxygens (including phenoxy) is 3. The van der Waals surface area contributed by atoms with Crippen LogP contribution in [0.4, 0.5) is 0 Å². The van der Waals surface area contributed by atoms with Gasteiger partial charge in [-0.1, -0.05) is 0 Å².